The van der Waals surface area contributed by atoms with Crippen molar-refractivity contribution in [3.8, 4) is 5.69 Å². The van der Waals surface area contributed by atoms with Crippen LogP contribution in [0.15, 0.2) is 36.5 Å². The normalized spacial score (nSPS) is 20.1. The average Bonchev–Trinajstić information content (AvgIpc) is 3.14. The van der Waals surface area contributed by atoms with Crippen molar-refractivity contribution in [2.24, 2.45) is 0 Å². The Morgan fingerprint density at radius 2 is 1.80 bits per heavy atom. The lowest BCUT2D eigenvalue weighted by atomic mass is 9.80. The van der Waals surface area contributed by atoms with Gasteiger partial charge in [-0.05, 0) is 82.3 Å². The maximum atomic E-state index is 13.3. The Hall–Kier alpha value is -3.00. The third kappa shape index (κ3) is 5.03. The highest BCUT2D eigenvalue weighted by Gasteiger charge is 2.33. The van der Waals surface area contributed by atoms with Crippen LogP contribution in [0.1, 0.15) is 81.2 Å². The molecule has 2 aromatic heterocycles. The number of rotatable bonds is 2. The molecule has 1 fully saturated rings. The fourth-order valence-electron chi connectivity index (χ4n) is 5.02. The third-order valence-corrected chi connectivity index (χ3v) is 6.88. The van der Waals surface area contributed by atoms with Gasteiger partial charge in [0.05, 0.1) is 25.0 Å². The number of ether oxygens (including phenoxy) is 1. The highest BCUT2D eigenvalue weighted by molar-refractivity contribution is 6.30. The molecule has 1 aromatic carbocycles. The fraction of sp³-hybridized carbons (Fsp3) is 0.462. The van der Waals surface area contributed by atoms with Gasteiger partial charge in [-0.15, -0.1) is 10.2 Å². The summed E-state index contributed by atoms with van der Waals surface area (Å²) in [6, 6.07) is 8.99. The Labute approximate surface area is 209 Å². The molecule has 5 rings (SSSR count). The first-order valence-electron chi connectivity index (χ1n) is 12.0. The molecular formula is C26H29ClFN5O2. The number of pyridine rings is 1. The summed E-state index contributed by atoms with van der Waals surface area (Å²) in [6.45, 7) is 6.23. The molecule has 1 saturated carbocycles. The smallest absolute Gasteiger partial charge is 0.411 e. The molecule has 184 valence electrons. The van der Waals surface area contributed by atoms with Crippen molar-refractivity contribution in [2.45, 2.75) is 77.0 Å². The Balaban J connectivity index is 1.43. The van der Waals surface area contributed by atoms with Crippen molar-refractivity contribution in [2.75, 3.05) is 0 Å². The standard InChI is InChI=1S/C26H29ClFN5O2/c1-26(2,3)35-25(34)32-14-18-12-19(27)8-11-22(18)33-23(15-32)30-31-24(33)17-6-4-16(5-7-17)21-10-9-20(28)13-29-21/h8-13,16-17H,4-7,14-15H2,1-3H3. The molecule has 1 aliphatic heterocycles. The molecule has 9 heteroatoms. The van der Waals surface area contributed by atoms with Crippen molar-refractivity contribution in [1.29, 1.82) is 0 Å². The van der Waals surface area contributed by atoms with Crippen molar-refractivity contribution in [1.82, 2.24) is 24.6 Å². The summed E-state index contributed by atoms with van der Waals surface area (Å²) in [6.07, 6.45) is 4.65. The van der Waals surface area contributed by atoms with Gasteiger partial charge in [0.15, 0.2) is 5.82 Å². The number of carbonyl (C=O) groups is 1. The Morgan fingerprint density at radius 1 is 1.06 bits per heavy atom. The van der Waals surface area contributed by atoms with Crippen LogP contribution < -0.4 is 0 Å². The number of aromatic nitrogens is 4. The molecule has 0 radical (unpaired) electrons. The second kappa shape index (κ2) is 9.22. The molecular weight excluding hydrogens is 469 g/mol. The van der Waals surface area contributed by atoms with E-state index in [1.807, 2.05) is 39.0 Å². The van der Waals surface area contributed by atoms with E-state index in [9.17, 15) is 9.18 Å². The first kappa shape index (κ1) is 23.7. The van der Waals surface area contributed by atoms with Gasteiger partial charge >= 0.3 is 6.09 Å². The Morgan fingerprint density at radius 3 is 2.49 bits per heavy atom. The number of halogens is 2. The minimum atomic E-state index is -0.600. The summed E-state index contributed by atoms with van der Waals surface area (Å²) in [5, 5.41) is 9.71. The van der Waals surface area contributed by atoms with E-state index in [1.54, 1.807) is 11.0 Å². The van der Waals surface area contributed by atoms with Crippen molar-refractivity contribution in [3.05, 3.63) is 70.3 Å². The predicted octanol–water partition coefficient (Wildman–Crippen LogP) is 6.15. The van der Waals surface area contributed by atoms with E-state index in [0.29, 0.717) is 29.9 Å². The summed E-state index contributed by atoms with van der Waals surface area (Å²) in [5.74, 6) is 1.83. The zero-order chi connectivity index (χ0) is 24.7. The zero-order valence-corrected chi connectivity index (χ0v) is 20.9. The van der Waals surface area contributed by atoms with Crippen LogP contribution in [0.25, 0.3) is 5.69 Å². The molecule has 35 heavy (non-hydrogen) atoms. The number of nitrogens with zero attached hydrogens (tertiary/aromatic N) is 5. The van der Waals surface area contributed by atoms with E-state index in [2.05, 4.69) is 19.7 Å². The van der Waals surface area contributed by atoms with Gasteiger partial charge in [-0.3, -0.25) is 14.5 Å². The minimum absolute atomic E-state index is 0.226. The molecule has 0 atom stereocenters. The second-order valence-corrected chi connectivity index (χ2v) is 10.8. The van der Waals surface area contributed by atoms with E-state index < -0.39 is 11.7 Å². The van der Waals surface area contributed by atoms with Crippen LogP contribution in [0, 0.1) is 5.82 Å². The quantitative estimate of drug-likeness (QED) is 0.424. The van der Waals surface area contributed by atoms with E-state index >= 15 is 0 Å². The van der Waals surface area contributed by atoms with Crippen LogP contribution in [0.5, 0.6) is 0 Å². The zero-order valence-electron chi connectivity index (χ0n) is 20.2. The number of hydrogen-bond donors (Lipinski definition) is 0. The summed E-state index contributed by atoms with van der Waals surface area (Å²) in [4.78, 5) is 18.9. The number of benzene rings is 1. The van der Waals surface area contributed by atoms with Crippen LogP contribution >= 0.6 is 11.6 Å². The molecule has 7 nitrogen and oxygen atoms in total. The van der Waals surface area contributed by atoms with Crippen molar-refractivity contribution in [3.63, 3.8) is 0 Å². The van der Waals surface area contributed by atoms with Crippen LogP contribution in [0.4, 0.5) is 9.18 Å². The van der Waals surface area contributed by atoms with Crippen molar-refractivity contribution >= 4 is 17.7 Å². The summed E-state index contributed by atoms with van der Waals surface area (Å²) in [7, 11) is 0. The topological polar surface area (TPSA) is 73.1 Å². The van der Waals surface area contributed by atoms with E-state index in [1.165, 1.54) is 12.3 Å². The minimum Gasteiger partial charge on any atom is -0.444 e. The lowest BCUT2D eigenvalue weighted by Crippen LogP contribution is -2.35. The number of fused-ring (bicyclic) bond motifs is 3. The summed E-state index contributed by atoms with van der Waals surface area (Å²) >= 11 is 6.33. The van der Waals surface area contributed by atoms with Gasteiger partial charge in [-0.1, -0.05) is 11.6 Å². The van der Waals surface area contributed by atoms with Gasteiger partial charge in [-0.2, -0.15) is 0 Å². The van der Waals surface area contributed by atoms with Gasteiger partial charge in [0, 0.05) is 22.6 Å². The number of amides is 1. The van der Waals surface area contributed by atoms with Gasteiger partial charge in [-0.25, -0.2) is 9.18 Å². The molecule has 3 aromatic rings. The fourth-order valence-corrected chi connectivity index (χ4v) is 5.22. The highest BCUT2D eigenvalue weighted by atomic mass is 35.5. The first-order chi connectivity index (χ1) is 16.7. The molecule has 1 amide bonds. The largest absolute Gasteiger partial charge is 0.444 e. The summed E-state index contributed by atoms with van der Waals surface area (Å²) in [5.41, 5.74) is 2.21. The van der Waals surface area contributed by atoms with Gasteiger partial charge in [0.2, 0.25) is 0 Å². The van der Waals surface area contributed by atoms with Crippen molar-refractivity contribution < 1.29 is 13.9 Å². The predicted molar refractivity (Wildman–Crippen MR) is 130 cm³/mol. The van der Waals surface area contributed by atoms with Crippen LogP contribution in [-0.4, -0.2) is 36.3 Å². The average molecular weight is 498 g/mol. The maximum absolute atomic E-state index is 13.3. The molecule has 0 unspecified atom stereocenters. The van der Waals surface area contributed by atoms with Gasteiger partial charge in [0.1, 0.15) is 17.2 Å². The molecule has 3 heterocycles. The van der Waals surface area contributed by atoms with Gasteiger partial charge < -0.3 is 4.74 Å². The lowest BCUT2D eigenvalue weighted by Gasteiger charge is -2.28. The first-order valence-corrected chi connectivity index (χ1v) is 12.4. The lowest BCUT2D eigenvalue weighted by molar-refractivity contribution is 0.0214. The highest BCUT2D eigenvalue weighted by Crippen LogP contribution is 2.41. The molecule has 0 N–H and O–H groups in total. The molecule has 2 aliphatic rings. The van der Waals surface area contributed by atoms with E-state index in [-0.39, 0.29) is 11.7 Å². The van der Waals surface area contributed by atoms with Crippen LogP contribution in [0.2, 0.25) is 5.02 Å². The van der Waals surface area contributed by atoms with Crippen LogP contribution in [0.3, 0.4) is 0 Å². The molecule has 0 spiro atoms. The maximum Gasteiger partial charge on any atom is 0.411 e. The second-order valence-electron chi connectivity index (χ2n) is 10.4. The Kier molecular flexibility index (Phi) is 6.25. The molecule has 0 bridgehead atoms. The molecule has 1 aliphatic carbocycles. The summed E-state index contributed by atoms with van der Waals surface area (Å²) < 4.78 is 21.0. The van der Waals surface area contributed by atoms with E-state index in [0.717, 1.165) is 48.5 Å². The third-order valence-electron chi connectivity index (χ3n) is 6.64. The Bertz CT molecular complexity index is 1230. The number of hydrogen-bond acceptors (Lipinski definition) is 5. The van der Waals surface area contributed by atoms with Crippen LogP contribution in [-0.2, 0) is 17.8 Å². The number of carbonyl (C=O) groups excluding carboxylic acids is 1. The molecule has 0 saturated heterocycles. The van der Waals surface area contributed by atoms with E-state index in [4.69, 9.17) is 16.3 Å². The monoisotopic (exact) mass is 497 g/mol. The van der Waals surface area contributed by atoms with Gasteiger partial charge in [0.25, 0.3) is 0 Å². The SMILES string of the molecule is CC(C)(C)OC(=O)N1Cc2cc(Cl)ccc2-n2c(nnc2C2CCC(c3ccc(F)cn3)CC2)C1.